The molecule has 2 N–H and O–H groups in total. The van der Waals surface area contributed by atoms with Crippen molar-refractivity contribution < 1.29 is 23.2 Å². The molecule has 0 aromatic heterocycles. The van der Waals surface area contributed by atoms with Crippen LogP contribution in [0.1, 0.15) is 19.8 Å². The van der Waals surface area contributed by atoms with Crippen molar-refractivity contribution in [1.82, 2.24) is 9.62 Å². The molecule has 11 heteroatoms. The van der Waals surface area contributed by atoms with Gasteiger partial charge in [0.1, 0.15) is 4.90 Å². The first-order chi connectivity index (χ1) is 11.6. The van der Waals surface area contributed by atoms with Crippen LogP contribution < -0.4 is 4.72 Å². The number of rotatable bonds is 8. The first-order valence-electron chi connectivity index (χ1n) is 7.56. The number of nitrogens with one attached hydrogen (secondary N) is 1. The Labute approximate surface area is 149 Å². The Morgan fingerprint density at radius 3 is 2.60 bits per heavy atom. The molecule has 0 heterocycles. The van der Waals surface area contributed by atoms with Gasteiger partial charge in [-0.05, 0) is 25.5 Å². The van der Waals surface area contributed by atoms with Gasteiger partial charge in [-0.15, -0.1) is 0 Å². The van der Waals surface area contributed by atoms with Crippen molar-refractivity contribution in [2.75, 3.05) is 13.1 Å². The number of nitrogens with zero attached hydrogens (tertiary/aromatic N) is 2. The van der Waals surface area contributed by atoms with E-state index in [2.05, 4.69) is 4.72 Å². The summed E-state index contributed by atoms with van der Waals surface area (Å²) in [6, 6.07) is 2.84. The molecule has 0 radical (unpaired) electrons. The van der Waals surface area contributed by atoms with E-state index in [1.807, 2.05) is 6.92 Å². The molecular formula is C14H18ClN3O6S. The number of hydrogen-bond donors (Lipinski definition) is 2. The smallest absolute Gasteiger partial charge is 0.317 e. The summed E-state index contributed by atoms with van der Waals surface area (Å²) in [5.74, 6) is -0.927. The lowest BCUT2D eigenvalue weighted by Gasteiger charge is -2.42. The van der Waals surface area contributed by atoms with Crippen molar-refractivity contribution in [2.45, 2.75) is 36.7 Å². The largest absolute Gasteiger partial charge is 0.480 e. The van der Waals surface area contributed by atoms with Crippen molar-refractivity contribution >= 4 is 33.3 Å². The van der Waals surface area contributed by atoms with Gasteiger partial charge in [-0.2, -0.15) is 0 Å². The molecule has 0 bridgehead atoms. The highest BCUT2D eigenvalue weighted by Gasteiger charge is 2.36. The maximum Gasteiger partial charge on any atom is 0.317 e. The zero-order chi connectivity index (χ0) is 18.8. The van der Waals surface area contributed by atoms with Crippen molar-refractivity contribution in [3.63, 3.8) is 0 Å². The van der Waals surface area contributed by atoms with Gasteiger partial charge in [0.2, 0.25) is 10.0 Å². The first-order valence-corrected chi connectivity index (χ1v) is 9.42. The van der Waals surface area contributed by atoms with Crippen molar-refractivity contribution in [2.24, 2.45) is 0 Å². The SMILES string of the molecule is CCN(CC(=O)O)C1CC(NS(=O)(=O)c2ccc([N+](=O)[O-])cc2Cl)C1. The minimum atomic E-state index is -3.91. The normalized spacial score (nSPS) is 20.3. The lowest BCUT2D eigenvalue weighted by Crippen LogP contribution is -2.54. The predicted octanol–water partition coefficient (Wildman–Crippen LogP) is 1.46. The monoisotopic (exact) mass is 391 g/mol. The molecule has 1 aliphatic rings. The lowest BCUT2D eigenvalue weighted by molar-refractivity contribution is -0.384. The van der Waals surface area contributed by atoms with Gasteiger partial charge in [0, 0.05) is 24.2 Å². The van der Waals surface area contributed by atoms with E-state index in [0.717, 1.165) is 18.2 Å². The van der Waals surface area contributed by atoms with E-state index < -0.39 is 20.9 Å². The number of nitro benzene ring substituents is 1. The summed E-state index contributed by atoms with van der Waals surface area (Å²) >= 11 is 5.86. The van der Waals surface area contributed by atoms with Crippen LogP contribution in [0, 0.1) is 10.1 Å². The Hall–Kier alpha value is -1.75. The molecular weight excluding hydrogens is 374 g/mol. The van der Waals surface area contributed by atoms with Crippen LogP contribution in [0.15, 0.2) is 23.1 Å². The van der Waals surface area contributed by atoms with E-state index in [1.54, 1.807) is 4.90 Å². The van der Waals surface area contributed by atoms with Crippen LogP contribution >= 0.6 is 11.6 Å². The van der Waals surface area contributed by atoms with Gasteiger partial charge in [-0.1, -0.05) is 18.5 Å². The molecule has 0 unspecified atom stereocenters. The zero-order valence-electron chi connectivity index (χ0n) is 13.4. The standard InChI is InChI=1S/C14H18ClN3O6S/c1-2-17(8-14(19)20)11-5-9(6-11)16-25(23,24)13-4-3-10(18(21)22)7-12(13)15/h3-4,7,9,11,16H,2,5-6,8H2,1H3,(H,19,20). The Kier molecular flexibility index (Phi) is 5.99. The fraction of sp³-hybridized carbons (Fsp3) is 0.500. The minimum Gasteiger partial charge on any atom is -0.480 e. The molecule has 1 aromatic carbocycles. The summed E-state index contributed by atoms with van der Waals surface area (Å²) in [5, 5.41) is 19.3. The van der Waals surface area contributed by atoms with Crippen LogP contribution in [-0.4, -0.2) is 54.5 Å². The topological polar surface area (TPSA) is 130 Å². The molecule has 1 fully saturated rings. The maximum absolute atomic E-state index is 12.4. The fourth-order valence-corrected chi connectivity index (χ4v) is 4.56. The van der Waals surface area contributed by atoms with E-state index >= 15 is 0 Å². The molecule has 138 valence electrons. The Balaban J connectivity index is 2.02. The Morgan fingerprint density at radius 1 is 1.48 bits per heavy atom. The van der Waals surface area contributed by atoms with Crippen LogP contribution in [-0.2, 0) is 14.8 Å². The van der Waals surface area contributed by atoms with Crippen molar-refractivity contribution in [1.29, 1.82) is 0 Å². The summed E-state index contributed by atoms with van der Waals surface area (Å²) in [6.07, 6.45) is 0.982. The number of benzene rings is 1. The number of likely N-dealkylation sites (N-methyl/N-ethyl adjacent to an activating group) is 1. The number of carboxylic acid groups (broad SMARTS) is 1. The second-order valence-corrected chi connectivity index (χ2v) is 7.86. The van der Waals surface area contributed by atoms with Crippen LogP contribution in [0.3, 0.4) is 0 Å². The third-order valence-corrected chi connectivity index (χ3v) is 6.12. The molecule has 2 rings (SSSR count). The number of aliphatic carboxylic acids is 1. The second-order valence-electron chi connectivity index (χ2n) is 5.77. The molecule has 0 aliphatic heterocycles. The van der Waals surface area contributed by atoms with E-state index in [4.69, 9.17) is 16.7 Å². The van der Waals surface area contributed by atoms with Crippen molar-refractivity contribution in [3.8, 4) is 0 Å². The van der Waals surface area contributed by atoms with Gasteiger partial charge in [-0.3, -0.25) is 19.8 Å². The highest BCUT2D eigenvalue weighted by Crippen LogP contribution is 2.30. The number of sulfonamides is 1. The molecule has 0 atom stereocenters. The van der Waals surface area contributed by atoms with Gasteiger partial charge in [0.05, 0.1) is 16.5 Å². The number of carbonyl (C=O) groups is 1. The van der Waals surface area contributed by atoms with Crippen LogP contribution in [0.5, 0.6) is 0 Å². The fourth-order valence-electron chi connectivity index (χ4n) is 2.76. The van der Waals surface area contributed by atoms with Gasteiger partial charge >= 0.3 is 5.97 Å². The summed E-state index contributed by atoms with van der Waals surface area (Å²) in [5.41, 5.74) is -0.292. The molecule has 1 saturated carbocycles. The molecule has 0 amide bonds. The minimum absolute atomic E-state index is 0.00105. The summed E-state index contributed by atoms with van der Waals surface area (Å²) in [4.78, 5) is 22.4. The Bertz CT molecular complexity index is 779. The lowest BCUT2D eigenvalue weighted by atomic mass is 9.86. The average Bonchev–Trinajstić information content (AvgIpc) is 2.47. The van der Waals surface area contributed by atoms with E-state index in [9.17, 15) is 23.3 Å². The van der Waals surface area contributed by atoms with Crippen molar-refractivity contribution in [3.05, 3.63) is 33.3 Å². The van der Waals surface area contributed by atoms with E-state index in [-0.39, 0.29) is 34.2 Å². The first kappa shape index (κ1) is 19.6. The third-order valence-electron chi connectivity index (χ3n) is 4.11. The zero-order valence-corrected chi connectivity index (χ0v) is 15.0. The maximum atomic E-state index is 12.4. The van der Waals surface area contributed by atoms with Gasteiger partial charge in [0.25, 0.3) is 5.69 Å². The number of non-ortho nitro benzene ring substituents is 1. The molecule has 1 aliphatic carbocycles. The van der Waals surface area contributed by atoms with Crippen LogP contribution in [0.25, 0.3) is 0 Å². The second kappa shape index (κ2) is 7.65. The molecule has 9 nitrogen and oxygen atoms in total. The average molecular weight is 392 g/mol. The number of hydrogen-bond acceptors (Lipinski definition) is 6. The highest BCUT2D eigenvalue weighted by atomic mass is 35.5. The molecule has 1 aromatic rings. The molecule has 25 heavy (non-hydrogen) atoms. The van der Waals surface area contributed by atoms with Gasteiger partial charge < -0.3 is 5.11 Å². The number of carboxylic acids is 1. The molecule has 0 spiro atoms. The van der Waals surface area contributed by atoms with Gasteiger partial charge in [0.15, 0.2) is 0 Å². The summed E-state index contributed by atoms with van der Waals surface area (Å²) in [7, 11) is -3.91. The third kappa shape index (κ3) is 4.66. The quantitative estimate of drug-likeness (QED) is 0.506. The van der Waals surface area contributed by atoms with Crippen LogP contribution in [0.4, 0.5) is 5.69 Å². The van der Waals surface area contributed by atoms with E-state index in [0.29, 0.717) is 19.4 Å². The predicted molar refractivity (Wildman–Crippen MR) is 90.1 cm³/mol. The highest BCUT2D eigenvalue weighted by molar-refractivity contribution is 7.89. The Morgan fingerprint density at radius 2 is 2.12 bits per heavy atom. The summed E-state index contributed by atoms with van der Waals surface area (Å²) < 4.78 is 27.3. The number of halogens is 1. The van der Waals surface area contributed by atoms with E-state index in [1.165, 1.54) is 0 Å². The summed E-state index contributed by atoms with van der Waals surface area (Å²) in [6.45, 7) is 2.32. The number of nitro groups is 1. The van der Waals surface area contributed by atoms with Gasteiger partial charge in [-0.25, -0.2) is 13.1 Å². The van der Waals surface area contributed by atoms with Crippen LogP contribution in [0.2, 0.25) is 5.02 Å². The molecule has 0 saturated heterocycles.